The number of carbonyl (C=O) groups excluding carboxylic acids is 1. The molecule has 1 aromatic rings. The van der Waals surface area contributed by atoms with Crippen molar-refractivity contribution in [1.82, 2.24) is 5.32 Å². The number of rotatable bonds is 2. The van der Waals surface area contributed by atoms with Crippen molar-refractivity contribution >= 4 is 39.6 Å². The number of nitrogens with zero attached hydrogens (tertiary/aromatic N) is 1. The molecule has 0 saturated heterocycles. The zero-order valence-corrected chi connectivity index (χ0v) is 15.7. The van der Waals surface area contributed by atoms with E-state index in [-0.39, 0.29) is 16.4 Å². The van der Waals surface area contributed by atoms with Gasteiger partial charge in [0.2, 0.25) is 5.91 Å². The van der Waals surface area contributed by atoms with Crippen molar-refractivity contribution in [2.45, 2.75) is 53.4 Å². The van der Waals surface area contributed by atoms with Gasteiger partial charge in [0.15, 0.2) is 5.11 Å². The topological polar surface area (TPSA) is 64.9 Å². The first-order valence-electron chi connectivity index (χ1n) is 7.85. The highest BCUT2D eigenvalue weighted by molar-refractivity contribution is 7.80. The van der Waals surface area contributed by atoms with Gasteiger partial charge in [-0.1, -0.05) is 27.7 Å². The van der Waals surface area contributed by atoms with Gasteiger partial charge in [0.25, 0.3) is 0 Å². The molecule has 0 saturated carbocycles. The summed E-state index contributed by atoms with van der Waals surface area (Å²) in [4.78, 5) is 13.2. The minimum atomic E-state index is -0.108. The number of nitriles is 1. The Balaban J connectivity index is 2.07. The summed E-state index contributed by atoms with van der Waals surface area (Å²) >= 11 is 6.81. The molecule has 0 fully saturated rings. The lowest BCUT2D eigenvalue weighted by Crippen LogP contribution is -2.36. The number of carbonyl (C=O) groups is 1. The molecule has 1 atom stereocenters. The van der Waals surface area contributed by atoms with E-state index in [1.165, 1.54) is 4.88 Å². The third-order valence-electron chi connectivity index (χ3n) is 3.79. The molecule has 2 rings (SSSR count). The van der Waals surface area contributed by atoms with Crippen LogP contribution in [0.2, 0.25) is 0 Å². The standard InChI is InChI=1S/C17H23N3OS2/c1-10-5-6-11-12(9-18)15(23-13(11)7-10)20-16(22)19-14(21)8-17(2,3)4/h10H,5-8H2,1-4H3,(H2,19,20,21,22). The average Bonchev–Trinajstić information content (AvgIpc) is 2.71. The van der Waals surface area contributed by atoms with Crippen LogP contribution in [0, 0.1) is 22.7 Å². The van der Waals surface area contributed by atoms with Crippen molar-refractivity contribution in [2.24, 2.45) is 11.3 Å². The predicted octanol–water partition coefficient (Wildman–Crippen LogP) is 3.99. The van der Waals surface area contributed by atoms with Crippen molar-refractivity contribution < 1.29 is 4.79 Å². The number of amides is 1. The van der Waals surface area contributed by atoms with E-state index < -0.39 is 0 Å². The molecule has 124 valence electrons. The molecule has 1 heterocycles. The van der Waals surface area contributed by atoms with Crippen LogP contribution in [0.25, 0.3) is 0 Å². The van der Waals surface area contributed by atoms with Crippen LogP contribution in [-0.4, -0.2) is 11.0 Å². The van der Waals surface area contributed by atoms with Gasteiger partial charge < -0.3 is 10.6 Å². The smallest absolute Gasteiger partial charge is 0.226 e. The highest BCUT2D eigenvalue weighted by atomic mass is 32.1. The summed E-state index contributed by atoms with van der Waals surface area (Å²) in [5.74, 6) is 0.544. The largest absolute Gasteiger partial charge is 0.323 e. The summed E-state index contributed by atoms with van der Waals surface area (Å²) in [6.45, 7) is 8.25. The van der Waals surface area contributed by atoms with Crippen LogP contribution in [0.15, 0.2) is 0 Å². The number of hydrogen-bond donors (Lipinski definition) is 2. The van der Waals surface area contributed by atoms with Crippen molar-refractivity contribution in [3.63, 3.8) is 0 Å². The Morgan fingerprint density at radius 3 is 2.78 bits per heavy atom. The van der Waals surface area contributed by atoms with Gasteiger partial charge in [0.1, 0.15) is 11.1 Å². The zero-order valence-electron chi connectivity index (χ0n) is 14.1. The van der Waals surface area contributed by atoms with Gasteiger partial charge >= 0.3 is 0 Å². The van der Waals surface area contributed by atoms with Crippen LogP contribution in [-0.2, 0) is 17.6 Å². The van der Waals surface area contributed by atoms with Crippen molar-refractivity contribution in [3.05, 3.63) is 16.0 Å². The Morgan fingerprint density at radius 1 is 1.48 bits per heavy atom. The van der Waals surface area contributed by atoms with Gasteiger partial charge in [-0.2, -0.15) is 5.26 Å². The molecule has 0 spiro atoms. The molecule has 0 aliphatic heterocycles. The maximum atomic E-state index is 12.0. The minimum absolute atomic E-state index is 0.0876. The van der Waals surface area contributed by atoms with Crippen LogP contribution < -0.4 is 10.6 Å². The molecule has 0 bridgehead atoms. The van der Waals surface area contributed by atoms with E-state index in [1.54, 1.807) is 11.3 Å². The molecule has 23 heavy (non-hydrogen) atoms. The summed E-state index contributed by atoms with van der Waals surface area (Å²) < 4.78 is 0. The first-order chi connectivity index (χ1) is 10.7. The number of thiophene rings is 1. The third kappa shape index (κ3) is 4.76. The van der Waals surface area contributed by atoms with E-state index in [9.17, 15) is 10.1 Å². The Morgan fingerprint density at radius 2 is 2.17 bits per heavy atom. The van der Waals surface area contributed by atoms with Crippen LogP contribution in [0.4, 0.5) is 5.00 Å². The van der Waals surface area contributed by atoms with Crippen LogP contribution in [0.5, 0.6) is 0 Å². The molecule has 1 amide bonds. The molecular formula is C17H23N3OS2. The van der Waals surface area contributed by atoms with E-state index >= 15 is 0 Å². The summed E-state index contributed by atoms with van der Waals surface area (Å²) in [5.41, 5.74) is 1.75. The summed E-state index contributed by atoms with van der Waals surface area (Å²) in [6.07, 6.45) is 3.48. The van der Waals surface area contributed by atoms with Crippen LogP contribution >= 0.6 is 23.6 Å². The Bertz CT molecular complexity index is 665. The zero-order chi connectivity index (χ0) is 17.2. The van der Waals surface area contributed by atoms with E-state index in [0.717, 1.165) is 29.8 Å². The van der Waals surface area contributed by atoms with E-state index in [0.29, 0.717) is 17.9 Å². The highest BCUT2D eigenvalue weighted by Crippen LogP contribution is 2.39. The molecule has 0 radical (unpaired) electrons. The monoisotopic (exact) mass is 349 g/mol. The summed E-state index contributed by atoms with van der Waals surface area (Å²) in [7, 11) is 0. The second-order valence-electron chi connectivity index (χ2n) is 7.41. The molecule has 6 heteroatoms. The lowest BCUT2D eigenvalue weighted by Gasteiger charge is -2.17. The van der Waals surface area contributed by atoms with Crippen LogP contribution in [0.1, 0.15) is 56.5 Å². The number of thiocarbonyl (C=S) groups is 1. The third-order valence-corrected chi connectivity index (χ3v) is 5.17. The van der Waals surface area contributed by atoms with Crippen molar-refractivity contribution in [2.75, 3.05) is 5.32 Å². The second kappa shape index (κ2) is 6.98. The highest BCUT2D eigenvalue weighted by Gasteiger charge is 2.24. The fourth-order valence-electron chi connectivity index (χ4n) is 2.74. The normalized spacial score (nSPS) is 17.1. The van der Waals surface area contributed by atoms with E-state index in [1.807, 2.05) is 20.8 Å². The molecule has 1 aliphatic carbocycles. The van der Waals surface area contributed by atoms with E-state index in [2.05, 4.69) is 23.6 Å². The first kappa shape index (κ1) is 17.9. The van der Waals surface area contributed by atoms with Gasteiger partial charge in [-0.25, -0.2) is 0 Å². The van der Waals surface area contributed by atoms with Gasteiger partial charge in [-0.05, 0) is 48.4 Å². The van der Waals surface area contributed by atoms with Gasteiger partial charge in [0.05, 0.1) is 5.56 Å². The lowest BCUT2D eigenvalue weighted by molar-refractivity contribution is -0.121. The first-order valence-corrected chi connectivity index (χ1v) is 9.07. The molecule has 2 N–H and O–H groups in total. The van der Waals surface area contributed by atoms with Crippen molar-refractivity contribution in [3.8, 4) is 6.07 Å². The number of fused-ring (bicyclic) bond motifs is 1. The minimum Gasteiger partial charge on any atom is -0.323 e. The molecule has 1 aromatic heterocycles. The fourth-order valence-corrected chi connectivity index (χ4v) is 4.39. The van der Waals surface area contributed by atoms with Crippen LogP contribution in [0.3, 0.4) is 0 Å². The summed E-state index contributed by atoms with van der Waals surface area (Å²) in [6, 6.07) is 2.29. The Labute approximate surface area is 147 Å². The number of hydrogen-bond acceptors (Lipinski definition) is 4. The average molecular weight is 350 g/mol. The molecule has 1 unspecified atom stereocenters. The predicted molar refractivity (Wildman–Crippen MR) is 98.7 cm³/mol. The molecular weight excluding hydrogens is 326 g/mol. The Hall–Kier alpha value is -1.45. The van der Waals surface area contributed by atoms with Gasteiger partial charge in [-0.15, -0.1) is 11.3 Å². The summed E-state index contributed by atoms with van der Waals surface area (Å²) in [5, 5.41) is 16.2. The SMILES string of the molecule is CC1CCc2c(sc(NC(=S)NC(=O)CC(C)(C)C)c2C#N)C1. The quantitative estimate of drug-likeness (QED) is 0.792. The second-order valence-corrected chi connectivity index (χ2v) is 8.92. The molecule has 4 nitrogen and oxygen atoms in total. The number of anilines is 1. The molecule has 1 aliphatic rings. The maximum absolute atomic E-state index is 12.0. The van der Waals surface area contributed by atoms with E-state index in [4.69, 9.17) is 12.2 Å². The maximum Gasteiger partial charge on any atom is 0.226 e. The van der Waals surface area contributed by atoms with Gasteiger partial charge in [-0.3, -0.25) is 4.79 Å². The van der Waals surface area contributed by atoms with Crippen molar-refractivity contribution in [1.29, 1.82) is 5.26 Å². The van der Waals surface area contributed by atoms with Gasteiger partial charge in [0, 0.05) is 11.3 Å². The molecule has 0 aromatic carbocycles. The lowest BCUT2D eigenvalue weighted by atomic mass is 9.89. The fraction of sp³-hybridized carbons (Fsp3) is 0.588. The Kier molecular flexibility index (Phi) is 5.43. The number of nitrogens with one attached hydrogen (secondary N) is 2.